The number of benzene rings is 1. The number of alkyl halides is 2. The maximum atomic E-state index is 15.8. The molecule has 0 fully saturated rings. The van der Waals surface area contributed by atoms with Crippen molar-refractivity contribution in [1.82, 2.24) is 0 Å². The van der Waals surface area contributed by atoms with Crippen LogP contribution in [0.1, 0.15) is 5.56 Å². The lowest BCUT2D eigenvalue weighted by atomic mass is 9.88. The van der Waals surface area contributed by atoms with Gasteiger partial charge in [0.05, 0.1) is 0 Å². The van der Waals surface area contributed by atoms with Crippen LogP contribution in [0, 0.1) is 0 Å². The highest BCUT2D eigenvalue weighted by atomic mass is 35.5. The summed E-state index contributed by atoms with van der Waals surface area (Å²) < 4.78 is 68.7. The quantitative estimate of drug-likeness (QED) is 0.619. The first-order chi connectivity index (χ1) is 9.94. The Morgan fingerprint density at radius 3 is 2.14 bits per heavy atom. The van der Waals surface area contributed by atoms with Crippen molar-refractivity contribution >= 4 is 31.7 Å². The smallest absolute Gasteiger partial charge is 0.284 e. The van der Waals surface area contributed by atoms with Gasteiger partial charge in [-0.3, -0.25) is 4.55 Å². The van der Waals surface area contributed by atoms with Crippen LogP contribution in [-0.2, 0) is 25.8 Å². The van der Waals surface area contributed by atoms with Crippen molar-refractivity contribution in [3.05, 3.63) is 59.0 Å². The van der Waals surface area contributed by atoms with Crippen LogP contribution < -0.4 is 5.14 Å². The number of allylic oxidation sites excluding steroid dienone is 3. The molecule has 0 aromatic heterocycles. The first-order valence-electron chi connectivity index (χ1n) is 5.78. The number of rotatable bonds is 3. The lowest BCUT2D eigenvalue weighted by molar-refractivity contribution is 0.206. The van der Waals surface area contributed by atoms with Crippen molar-refractivity contribution in [2.24, 2.45) is 5.14 Å². The lowest BCUT2D eigenvalue weighted by Gasteiger charge is -2.39. The van der Waals surface area contributed by atoms with Crippen molar-refractivity contribution in [3.8, 4) is 0 Å². The van der Waals surface area contributed by atoms with Crippen molar-refractivity contribution < 1.29 is 25.8 Å². The number of sulfonamides is 1. The Morgan fingerprint density at radius 1 is 1.14 bits per heavy atom. The zero-order chi connectivity index (χ0) is 16.8. The second-order valence-electron chi connectivity index (χ2n) is 4.58. The molecule has 1 aromatic carbocycles. The van der Waals surface area contributed by atoms with E-state index in [2.05, 4.69) is 0 Å². The normalized spacial score (nSPS) is 29.2. The zero-order valence-electron chi connectivity index (χ0n) is 10.8. The summed E-state index contributed by atoms with van der Waals surface area (Å²) >= 11 is 5.83. The third-order valence-corrected chi connectivity index (χ3v) is 6.39. The van der Waals surface area contributed by atoms with Gasteiger partial charge in [-0.05, 0) is 17.7 Å². The lowest BCUT2D eigenvalue weighted by Crippen LogP contribution is -2.53. The van der Waals surface area contributed by atoms with Gasteiger partial charge in [-0.25, -0.2) is 17.9 Å². The minimum absolute atomic E-state index is 0.382. The third-order valence-electron chi connectivity index (χ3n) is 3.22. The molecule has 3 N–H and O–H groups in total. The molecular weight excluding hydrogens is 357 g/mol. The standard InChI is InChI=1S/C12H11ClFNO5S2/c13-11(22(18,19)20)8-4-7-10(21(15,16)17)12(11,14)9-5-2-1-3-6-9/h1-8H,(H2,15,16,17)(H,18,19,20). The van der Waals surface area contributed by atoms with Crippen LogP contribution in [0.2, 0.25) is 0 Å². The molecule has 0 amide bonds. The molecule has 0 aliphatic heterocycles. The fourth-order valence-electron chi connectivity index (χ4n) is 2.22. The molecule has 120 valence electrons. The molecule has 2 rings (SSSR count). The summed E-state index contributed by atoms with van der Waals surface area (Å²) in [6.07, 6.45) is 2.36. The van der Waals surface area contributed by atoms with Gasteiger partial charge in [0, 0.05) is 0 Å². The fourth-order valence-corrected chi connectivity index (χ4v) is 4.40. The minimum Gasteiger partial charge on any atom is -0.284 e. The molecule has 0 spiro atoms. The summed E-state index contributed by atoms with van der Waals surface area (Å²) in [4.78, 5) is -1.07. The SMILES string of the molecule is NS(=O)(=O)C1=CC=CC(Cl)(S(=O)(=O)O)C1(F)c1ccccc1. The topological polar surface area (TPSA) is 115 Å². The second-order valence-corrected chi connectivity index (χ2v) is 8.52. The van der Waals surface area contributed by atoms with Crippen molar-refractivity contribution in [3.63, 3.8) is 0 Å². The Kier molecular flexibility index (Phi) is 3.99. The van der Waals surface area contributed by atoms with Crippen LogP contribution in [-0.4, -0.2) is 25.6 Å². The minimum atomic E-state index is -5.23. The monoisotopic (exact) mass is 367 g/mol. The summed E-state index contributed by atoms with van der Waals surface area (Å²) in [5.74, 6) is 0. The van der Waals surface area contributed by atoms with E-state index >= 15 is 4.39 Å². The number of hydrogen-bond acceptors (Lipinski definition) is 4. The van der Waals surface area contributed by atoms with E-state index < -0.39 is 34.9 Å². The maximum Gasteiger partial charge on any atom is 0.292 e. The zero-order valence-corrected chi connectivity index (χ0v) is 13.2. The Labute approximate surface area is 131 Å². The molecule has 22 heavy (non-hydrogen) atoms. The van der Waals surface area contributed by atoms with Crippen molar-refractivity contribution in [2.75, 3.05) is 0 Å². The Hall–Kier alpha value is -1.26. The molecule has 1 aromatic rings. The van der Waals surface area contributed by atoms with Gasteiger partial charge in [0.25, 0.3) is 10.1 Å². The van der Waals surface area contributed by atoms with E-state index in [-0.39, 0.29) is 5.56 Å². The highest BCUT2D eigenvalue weighted by Gasteiger charge is 2.64. The number of primary sulfonamides is 1. The summed E-state index contributed by atoms with van der Waals surface area (Å²) in [7, 11) is -9.87. The Bertz CT molecular complexity index is 866. The van der Waals surface area contributed by atoms with E-state index in [0.717, 1.165) is 24.3 Å². The molecular formula is C12H11ClFNO5S2. The Balaban J connectivity index is 2.92. The number of nitrogens with two attached hydrogens (primary N) is 1. The summed E-state index contributed by atoms with van der Waals surface area (Å²) in [6, 6.07) is 6.50. The average Bonchev–Trinajstić information content (AvgIpc) is 2.40. The summed E-state index contributed by atoms with van der Waals surface area (Å²) in [6.45, 7) is 0. The van der Waals surface area contributed by atoms with E-state index in [1.807, 2.05) is 0 Å². The molecule has 0 bridgehead atoms. The molecule has 10 heteroatoms. The highest BCUT2D eigenvalue weighted by molar-refractivity contribution is 7.93. The number of halogens is 2. The molecule has 1 aliphatic carbocycles. The van der Waals surface area contributed by atoms with Crippen LogP contribution in [0.25, 0.3) is 0 Å². The van der Waals surface area contributed by atoms with Crippen molar-refractivity contribution in [1.29, 1.82) is 0 Å². The van der Waals surface area contributed by atoms with Crippen molar-refractivity contribution in [2.45, 2.75) is 9.87 Å². The van der Waals surface area contributed by atoms with Gasteiger partial charge < -0.3 is 0 Å². The van der Waals surface area contributed by atoms with E-state index in [1.165, 1.54) is 18.2 Å². The predicted molar refractivity (Wildman–Crippen MR) is 79.7 cm³/mol. The fraction of sp³-hybridized carbons (Fsp3) is 0.167. The van der Waals surface area contributed by atoms with Gasteiger partial charge in [-0.2, -0.15) is 8.42 Å². The largest absolute Gasteiger partial charge is 0.292 e. The molecule has 0 saturated heterocycles. The van der Waals surface area contributed by atoms with E-state index in [1.54, 1.807) is 0 Å². The molecule has 2 atom stereocenters. The molecule has 1 aliphatic rings. The van der Waals surface area contributed by atoms with E-state index in [9.17, 15) is 21.4 Å². The van der Waals surface area contributed by atoms with E-state index in [0.29, 0.717) is 6.08 Å². The van der Waals surface area contributed by atoms with Gasteiger partial charge in [-0.1, -0.05) is 48.0 Å². The molecule has 0 radical (unpaired) electrons. The van der Waals surface area contributed by atoms with Crippen LogP contribution in [0.5, 0.6) is 0 Å². The summed E-state index contributed by atoms with van der Waals surface area (Å²) in [5, 5.41) is 4.98. The van der Waals surface area contributed by atoms with Crippen LogP contribution in [0.3, 0.4) is 0 Å². The predicted octanol–water partition coefficient (Wildman–Crippen LogP) is 1.42. The first-order valence-corrected chi connectivity index (χ1v) is 9.14. The first kappa shape index (κ1) is 17.1. The van der Waals surface area contributed by atoms with E-state index in [4.69, 9.17) is 16.7 Å². The molecule has 6 nitrogen and oxygen atoms in total. The maximum absolute atomic E-state index is 15.8. The van der Waals surface area contributed by atoms with Gasteiger partial charge in [0.2, 0.25) is 19.9 Å². The number of hydrogen-bond donors (Lipinski definition) is 2. The molecule has 0 heterocycles. The van der Waals surface area contributed by atoms with Crippen LogP contribution in [0.15, 0.2) is 53.5 Å². The molecule has 2 unspecified atom stereocenters. The van der Waals surface area contributed by atoms with Gasteiger partial charge in [0.15, 0.2) is 0 Å². The van der Waals surface area contributed by atoms with Crippen LogP contribution >= 0.6 is 11.6 Å². The molecule has 0 saturated carbocycles. The van der Waals surface area contributed by atoms with Gasteiger partial charge >= 0.3 is 0 Å². The third kappa shape index (κ3) is 2.38. The second kappa shape index (κ2) is 5.14. The van der Waals surface area contributed by atoms with Crippen LogP contribution in [0.4, 0.5) is 4.39 Å². The summed E-state index contributed by atoms with van der Waals surface area (Å²) in [5.41, 5.74) is -3.68. The van der Waals surface area contributed by atoms with Gasteiger partial charge in [-0.15, -0.1) is 0 Å². The highest BCUT2D eigenvalue weighted by Crippen LogP contribution is 2.53. The van der Waals surface area contributed by atoms with Gasteiger partial charge in [0.1, 0.15) is 4.91 Å². The Morgan fingerprint density at radius 2 is 1.68 bits per heavy atom. The average molecular weight is 368 g/mol.